The van der Waals surface area contributed by atoms with Crippen molar-refractivity contribution in [2.75, 3.05) is 6.54 Å². The summed E-state index contributed by atoms with van der Waals surface area (Å²) in [6.07, 6.45) is 6.63. The Morgan fingerprint density at radius 2 is 2.05 bits per heavy atom. The first kappa shape index (κ1) is 14.8. The van der Waals surface area contributed by atoms with Crippen molar-refractivity contribution >= 4 is 5.97 Å². The van der Waals surface area contributed by atoms with E-state index in [0.717, 1.165) is 19.4 Å². The molecule has 1 heterocycles. The molecular formula is C15H28N2O2. The van der Waals surface area contributed by atoms with E-state index < -0.39 is 11.5 Å². The minimum absolute atomic E-state index is 0.430. The molecule has 1 aliphatic carbocycles. The van der Waals surface area contributed by atoms with Gasteiger partial charge >= 0.3 is 5.97 Å². The highest BCUT2D eigenvalue weighted by Gasteiger charge is 2.39. The lowest BCUT2D eigenvalue weighted by Gasteiger charge is -2.33. The van der Waals surface area contributed by atoms with Crippen LogP contribution in [0.2, 0.25) is 0 Å². The standard InChI is InChI=1S/C15H28N2O2/c1-4-13-8-5-11(2)17(13)10-9-15(3,14(18)19)16-12-6-7-12/h11-13,16H,4-10H2,1-3H3,(H,18,19). The smallest absolute Gasteiger partial charge is 0.323 e. The Hall–Kier alpha value is -0.610. The van der Waals surface area contributed by atoms with Crippen LogP contribution in [0.4, 0.5) is 0 Å². The molecule has 2 aliphatic rings. The number of hydrogen-bond donors (Lipinski definition) is 2. The van der Waals surface area contributed by atoms with E-state index in [9.17, 15) is 9.90 Å². The molecule has 4 nitrogen and oxygen atoms in total. The number of carbonyl (C=O) groups is 1. The van der Waals surface area contributed by atoms with Crippen molar-refractivity contribution in [3.05, 3.63) is 0 Å². The average molecular weight is 268 g/mol. The lowest BCUT2D eigenvalue weighted by molar-refractivity contribution is -0.144. The molecule has 0 bridgehead atoms. The van der Waals surface area contributed by atoms with Crippen molar-refractivity contribution < 1.29 is 9.90 Å². The molecule has 1 saturated heterocycles. The van der Waals surface area contributed by atoms with Gasteiger partial charge in [0, 0.05) is 24.7 Å². The van der Waals surface area contributed by atoms with Crippen LogP contribution in [-0.4, -0.2) is 46.2 Å². The van der Waals surface area contributed by atoms with Gasteiger partial charge in [0.05, 0.1) is 0 Å². The SMILES string of the molecule is CCC1CCC(C)N1CCC(C)(NC1CC1)C(=O)O. The molecule has 3 unspecified atom stereocenters. The van der Waals surface area contributed by atoms with Gasteiger partial charge in [0.25, 0.3) is 0 Å². The van der Waals surface area contributed by atoms with Crippen molar-refractivity contribution in [2.45, 2.75) is 83.0 Å². The molecule has 2 fully saturated rings. The normalized spacial score (nSPS) is 31.3. The first-order valence-electron chi connectivity index (χ1n) is 7.73. The molecule has 19 heavy (non-hydrogen) atoms. The molecule has 0 aromatic carbocycles. The van der Waals surface area contributed by atoms with Crippen molar-refractivity contribution in [3.63, 3.8) is 0 Å². The maximum absolute atomic E-state index is 11.5. The summed E-state index contributed by atoms with van der Waals surface area (Å²) < 4.78 is 0. The summed E-state index contributed by atoms with van der Waals surface area (Å²) in [7, 11) is 0. The quantitative estimate of drug-likeness (QED) is 0.743. The summed E-state index contributed by atoms with van der Waals surface area (Å²) in [4.78, 5) is 14.1. The lowest BCUT2D eigenvalue weighted by Crippen LogP contribution is -2.53. The molecule has 0 spiro atoms. The van der Waals surface area contributed by atoms with Crippen molar-refractivity contribution in [1.82, 2.24) is 10.2 Å². The zero-order valence-electron chi connectivity index (χ0n) is 12.5. The molecule has 1 saturated carbocycles. The summed E-state index contributed by atoms with van der Waals surface area (Å²) in [5.41, 5.74) is -0.762. The fraction of sp³-hybridized carbons (Fsp3) is 0.933. The van der Waals surface area contributed by atoms with Gasteiger partial charge in [-0.2, -0.15) is 0 Å². The second-order valence-corrected chi connectivity index (χ2v) is 6.53. The van der Waals surface area contributed by atoms with Gasteiger partial charge in [0.2, 0.25) is 0 Å². The number of nitrogens with zero attached hydrogens (tertiary/aromatic N) is 1. The molecule has 1 aliphatic heterocycles. The van der Waals surface area contributed by atoms with Gasteiger partial charge in [0.1, 0.15) is 5.54 Å². The van der Waals surface area contributed by atoms with E-state index in [1.165, 1.54) is 19.3 Å². The number of likely N-dealkylation sites (tertiary alicyclic amines) is 1. The van der Waals surface area contributed by atoms with E-state index in [2.05, 4.69) is 24.1 Å². The second kappa shape index (κ2) is 5.80. The van der Waals surface area contributed by atoms with Crippen LogP contribution < -0.4 is 5.32 Å². The maximum Gasteiger partial charge on any atom is 0.323 e. The van der Waals surface area contributed by atoms with Gasteiger partial charge in [0.15, 0.2) is 0 Å². The molecule has 4 heteroatoms. The Kier molecular flexibility index (Phi) is 4.51. The predicted molar refractivity (Wildman–Crippen MR) is 76.3 cm³/mol. The van der Waals surface area contributed by atoms with Gasteiger partial charge in [-0.3, -0.25) is 15.0 Å². The van der Waals surface area contributed by atoms with Crippen LogP contribution in [0, 0.1) is 0 Å². The minimum Gasteiger partial charge on any atom is -0.480 e. The van der Waals surface area contributed by atoms with Gasteiger partial charge in [-0.05, 0) is 52.4 Å². The minimum atomic E-state index is -0.762. The van der Waals surface area contributed by atoms with Crippen LogP contribution in [0.3, 0.4) is 0 Å². The number of carboxylic acid groups (broad SMARTS) is 1. The molecule has 0 radical (unpaired) electrons. The highest BCUT2D eigenvalue weighted by Crippen LogP contribution is 2.29. The van der Waals surface area contributed by atoms with E-state index in [1.54, 1.807) is 0 Å². The van der Waals surface area contributed by atoms with Crippen LogP contribution in [0.15, 0.2) is 0 Å². The van der Waals surface area contributed by atoms with Crippen LogP contribution in [0.5, 0.6) is 0 Å². The molecule has 0 aromatic heterocycles. The largest absolute Gasteiger partial charge is 0.480 e. The van der Waals surface area contributed by atoms with Crippen molar-refractivity contribution in [2.24, 2.45) is 0 Å². The first-order valence-corrected chi connectivity index (χ1v) is 7.73. The van der Waals surface area contributed by atoms with Crippen LogP contribution >= 0.6 is 0 Å². The topological polar surface area (TPSA) is 52.6 Å². The number of carboxylic acids is 1. The number of aliphatic carboxylic acids is 1. The van der Waals surface area contributed by atoms with E-state index in [4.69, 9.17) is 0 Å². The van der Waals surface area contributed by atoms with E-state index in [-0.39, 0.29) is 0 Å². The molecular weight excluding hydrogens is 240 g/mol. The Bertz CT molecular complexity index is 330. The summed E-state index contributed by atoms with van der Waals surface area (Å²) in [5.74, 6) is -0.709. The molecule has 0 amide bonds. The highest BCUT2D eigenvalue weighted by molar-refractivity contribution is 5.78. The average Bonchev–Trinajstić information content (AvgIpc) is 3.09. The fourth-order valence-electron chi connectivity index (χ4n) is 3.24. The molecule has 0 aromatic rings. The first-order chi connectivity index (χ1) is 8.96. The van der Waals surface area contributed by atoms with E-state index in [0.29, 0.717) is 24.5 Å². The third-order valence-electron chi connectivity index (χ3n) is 4.87. The predicted octanol–water partition coefficient (Wildman–Crippen LogP) is 2.23. The lowest BCUT2D eigenvalue weighted by atomic mass is 9.97. The Balaban J connectivity index is 1.92. The number of nitrogens with one attached hydrogen (secondary N) is 1. The van der Waals surface area contributed by atoms with Gasteiger partial charge in [-0.25, -0.2) is 0 Å². The summed E-state index contributed by atoms with van der Waals surface area (Å²) >= 11 is 0. The third-order valence-corrected chi connectivity index (χ3v) is 4.87. The number of hydrogen-bond acceptors (Lipinski definition) is 3. The van der Waals surface area contributed by atoms with Crippen molar-refractivity contribution in [1.29, 1.82) is 0 Å². The highest BCUT2D eigenvalue weighted by atomic mass is 16.4. The fourth-order valence-corrected chi connectivity index (χ4v) is 3.24. The Morgan fingerprint density at radius 1 is 1.37 bits per heavy atom. The molecule has 2 N–H and O–H groups in total. The second-order valence-electron chi connectivity index (χ2n) is 6.53. The summed E-state index contributed by atoms with van der Waals surface area (Å²) in [6, 6.07) is 1.68. The maximum atomic E-state index is 11.5. The van der Waals surface area contributed by atoms with Gasteiger partial charge in [-0.15, -0.1) is 0 Å². The third kappa shape index (κ3) is 3.48. The molecule has 110 valence electrons. The zero-order chi connectivity index (χ0) is 14.0. The zero-order valence-corrected chi connectivity index (χ0v) is 12.5. The Labute approximate surface area is 116 Å². The van der Waals surface area contributed by atoms with Gasteiger partial charge in [-0.1, -0.05) is 6.92 Å². The van der Waals surface area contributed by atoms with E-state index >= 15 is 0 Å². The monoisotopic (exact) mass is 268 g/mol. The van der Waals surface area contributed by atoms with Crippen LogP contribution in [0.1, 0.15) is 59.3 Å². The van der Waals surface area contributed by atoms with Crippen LogP contribution in [-0.2, 0) is 4.79 Å². The number of rotatable bonds is 7. The summed E-state index contributed by atoms with van der Waals surface area (Å²) in [6.45, 7) is 7.23. The van der Waals surface area contributed by atoms with Crippen molar-refractivity contribution in [3.8, 4) is 0 Å². The van der Waals surface area contributed by atoms with Crippen LogP contribution in [0.25, 0.3) is 0 Å². The van der Waals surface area contributed by atoms with Gasteiger partial charge < -0.3 is 5.11 Å². The summed E-state index contributed by atoms with van der Waals surface area (Å²) in [5, 5.41) is 12.8. The van der Waals surface area contributed by atoms with E-state index in [1.807, 2.05) is 6.92 Å². The molecule has 2 rings (SSSR count). The molecule has 3 atom stereocenters. The Morgan fingerprint density at radius 3 is 2.58 bits per heavy atom.